The standard InChI is InChI=1S/C19H25N3O2/c23-14-6-2-5-13-20-18-11-10-17(15-21-18)22-19(24)12-9-16-7-3-1-4-8-16/h1,3-4,7-8,10-11,15,23H,2,5-6,9,12-14H2,(H,20,21)(H,22,24). The van der Waals surface area contributed by atoms with Crippen LogP contribution < -0.4 is 10.6 Å². The number of aryl methyl sites for hydroxylation is 1. The van der Waals surface area contributed by atoms with Crippen molar-refractivity contribution in [3.05, 3.63) is 54.2 Å². The van der Waals surface area contributed by atoms with Crippen LogP contribution in [0.25, 0.3) is 0 Å². The molecule has 1 aromatic heterocycles. The van der Waals surface area contributed by atoms with Gasteiger partial charge in [0.1, 0.15) is 5.82 Å². The number of rotatable bonds is 10. The summed E-state index contributed by atoms with van der Waals surface area (Å²) in [6.07, 6.45) is 5.68. The molecular formula is C19H25N3O2. The highest BCUT2D eigenvalue weighted by Crippen LogP contribution is 2.11. The number of amides is 1. The lowest BCUT2D eigenvalue weighted by molar-refractivity contribution is -0.116. The lowest BCUT2D eigenvalue weighted by atomic mass is 10.1. The van der Waals surface area contributed by atoms with Gasteiger partial charge in [0, 0.05) is 19.6 Å². The number of anilines is 2. The Labute approximate surface area is 143 Å². The monoisotopic (exact) mass is 327 g/mol. The van der Waals surface area contributed by atoms with E-state index in [1.165, 1.54) is 0 Å². The van der Waals surface area contributed by atoms with Gasteiger partial charge in [0.05, 0.1) is 11.9 Å². The van der Waals surface area contributed by atoms with E-state index in [-0.39, 0.29) is 12.5 Å². The summed E-state index contributed by atoms with van der Waals surface area (Å²) >= 11 is 0. The van der Waals surface area contributed by atoms with Crippen molar-refractivity contribution in [1.29, 1.82) is 0 Å². The number of carbonyl (C=O) groups is 1. The molecule has 0 aliphatic rings. The minimum Gasteiger partial charge on any atom is -0.396 e. The van der Waals surface area contributed by atoms with Crippen LogP contribution in [-0.4, -0.2) is 29.1 Å². The lowest BCUT2D eigenvalue weighted by Gasteiger charge is -2.08. The minimum atomic E-state index is -0.00892. The molecule has 1 amide bonds. The molecule has 0 fully saturated rings. The van der Waals surface area contributed by atoms with Gasteiger partial charge in [-0.2, -0.15) is 0 Å². The Morgan fingerprint density at radius 2 is 1.88 bits per heavy atom. The van der Waals surface area contributed by atoms with Crippen LogP contribution in [0.3, 0.4) is 0 Å². The number of carbonyl (C=O) groups excluding carboxylic acids is 1. The molecule has 0 aliphatic carbocycles. The van der Waals surface area contributed by atoms with E-state index in [0.717, 1.165) is 43.6 Å². The third-order valence-electron chi connectivity index (χ3n) is 3.67. The molecule has 0 saturated carbocycles. The van der Waals surface area contributed by atoms with Gasteiger partial charge >= 0.3 is 0 Å². The molecule has 0 unspecified atom stereocenters. The van der Waals surface area contributed by atoms with Crippen LogP contribution in [-0.2, 0) is 11.2 Å². The van der Waals surface area contributed by atoms with Crippen molar-refractivity contribution >= 4 is 17.4 Å². The van der Waals surface area contributed by atoms with Gasteiger partial charge in [-0.15, -0.1) is 0 Å². The van der Waals surface area contributed by atoms with E-state index in [0.29, 0.717) is 12.1 Å². The molecule has 0 spiro atoms. The maximum atomic E-state index is 12.0. The van der Waals surface area contributed by atoms with Crippen LogP contribution in [0, 0.1) is 0 Å². The molecule has 1 aromatic carbocycles. The predicted octanol–water partition coefficient (Wildman–Crippen LogP) is 3.23. The molecule has 128 valence electrons. The smallest absolute Gasteiger partial charge is 0.224 e. The van der Waals surface area contributed by atoms with Gasteiger partial charge in [-0.25, -0.2) is 4.98 Å². The summed E-state index contributed by atoms with van der Waals surface area (Å²) in [5, 5.41) is 14.8. The van der Waals surface area contributed by atoms with E-state index < -0.39 is 0 Å². The number of unbranched alkanes of at least 4 members (excludes halogenated alkanes) is 2. The van der Waals surface area contributed by atoms with Crippen molar-refractivity contribution in [3.8, 4) is 0 Å². The number of aliphatic hydroxyl groups excluding tert-OH is 1. The first kappa shape index (κ1) is 17.9. The van der Waals surface area contributed by atoms with Crippen molar-refractivity contribution in [3.63, 3.8) is 0 Å². The van der Waals surface area contributed by atoms with Gasteiger partial charge < -0.3 is 15.7 Å². The van der Waals surface area contributed by atoms with Crippen LogP contribution >= 0.6 is 0 Å². The molecule has 24 heavy (non-hydrogen) atoms. The normalized spacial score (nSPS) is 10.4. The Balaban J connectivity index is 1.69. The second-order valence-electron chi connectivity index (χ2n) is 5.68. The van der Waals surface area contributed by atoms with Gasteiger partial charge in [0.25, 0.3) is 0 Å². The summed E-state index contributed by atoms with van der Waals surface area (Å²) in [4.78, 5) is 16.3. The zero-order chi connectivity index (χ0) is 17.0. The number of hydrogen-bond donors (Lipinski definition) is 3. The largest absolute Gasteiger partial charge is 0.396 e. The van der Waals surface area contributed by atoms with E-state index in [4.69, 9.17) is 5.11 Å². The quantitative estimate of drug-likeness (QED) is 0.586. The Morgan fingerprint density at radius 1 is 1.04 bits per heavy atom. The summed E-state index contributed by atoms with van der Waals surface area (Å²) in [6, 6.07) is 13.7. The van der Waals surface area contributed by atoms with E-state index in [1.54, 1.807) is 6.20 Å². The highest BCUT2D eigenvalue weighted by Gasteiger charge is 2.04. The first-order chi connectivity index (χ1) is 11.8. The van der Waals surface area contributed by atoms with Gasteiger partial charge in [-0.1, -0.05) is 30.3 Å². The molecule has 1 heterocycles. The zero-order valence-corrected chi connectivity index (χ0v) is 13.9. The minimum absolute atomic E-state index is 0.00892. The fourth-order valence-electron chi connectivity index (χ4n) is 2.33. The van der Waals surface area contributed by atoms with Gasteiger partial charge in [0.15, 0.2) is 0 Å². The number of aromatic nitrogens is 1. The maximum Gasteiger partial charge on any atom is 0.224 e. The third kappa shape index (κ3) is 6.79. The number of aliphatic hydroxyl groups is 1. The number of hydrogen-bond acceptors (Lipinski definition) is 4. The van der Waals surface area contributed by atoms with Gasteiger partial charge in [0.2, 0.25) is 5.91 Å². The Kier molecular flexibility index (Phi) is 7.77. The van der Waals surface area contributed by atoms with Crippen LogP contribution in [0.4, 0.5) is 11.5 Å². The Bertz CT molecular complexity index is 600. The molecule has 0 radical (unpaired) electrons. The molecule has 2 rings (SSSR count). The molecule has 0 bridgehead atoms. The fraction of sp³-hybridized carbons (Fsp3) is 0.368. The Morgan fingerprint density at radius 3 is 2.58 bits per heavy atom. The lowest BCUT2D eigenvalue weighted by Crippen LogP contribution is -2.12. The Hall–Kier alpha value is -2.40. The second-order valence-corrected chi connectivity index (χ2v) is 5.68. The maximum absolute atomic E-state index is 12.0. The molecule has 2 aromatic rings. The average Bonchev–Trinajstić information content (AvgIpc) is 2.62. The van der Waals surface area contributed by atoms with E-state index >= 15 is 0 Å². The zero-order valence-electron chi connectivity index (χ0n) is 13.9. The van der Waals surface area contributed by atoms with E-state index in [9.17, 15) is 4.79 Å². The molecule has 0 aliphatic heterocycles. The third-order valence-corrected chi connectivity index (χ3v) is 3.67. The first-order valence-corrected chi connectivity index (χ1v) is 8.42. The second kappa shape index (κ2) is 10.4. The summed E-state index contributed by atoms with van der Waals surface area (Å²) in [5.74, 6) is 0.784. The highest BCUT2D eigenvalue weighted by atomic mass is 16.2. The van der Waals surface area contributed by atoms with Crippen LogP contribution in [0.1, 0.15) is 31.2 Å². The molecule has 5 heteroatoms. The number of benzene rings is 1. The van der Waals surface area contributed by atoms with Crippen LogP contribution in [0.5, 0.6) is 0 Å². The predicted molar refractivity (Wildman–Crippen MR) is 97.1 cm³/mol. The molecule has 0 saturated heterocycles. The number of nitrogens with one attached hydrogen (secondary N) is 2. The van der Waals surface area contributed by atoms with Crippen molar-refractivity contribution in [2.75, 3.05) is 23.8 Å². The van der Waals surface area contributed by atoms with Gasteiger partial charge in [-0.05, 0) is 43.4 Å². The number of nitrogens with zero attached hydrogens (tertiary/aromatic N) is 1. The summed E-state index contributed by atoms with van der Waals surface area (Å²) in [7, 11) is 0. The van der Waals surface area contributed by atoms with E-state index in [1.807, 2.05) is 42.5 Å². The van der Waals surface area contributed by atoms with Crippen molar-refractivity contribution in [2.45, 2.75) is 32.1 Å². The summed E-state index contributed by atoms with van der Waals surface area (Å²) in [5.41, 5.74) is 1.87. The highest BCUT2D eigenvalue weighted by molar-refractivity contribution is 5.90. The molecule has 0 atom stereocenters. The van der Waals surface area contributed by atoms with Crippen LogP contribution in [0.15, 0.2) is 48.7 Å². The summed E-state index contributed by atoms with van der Waals surface area (Å²) in [6.45, 7) is 1.08. The van der Waals surface area contributed by atoms with E-state index in [2.05, 4.69) is 15.6 Å². The van der Waals surface area contributed by atoms with Crippen LogP contribution in [0.2, 0.25) is 0 Å². The van der Waals surface area contributed by atoms with Crippen molar-refractivity contribution in [2.24, 2.45) is 0 Å². The average molecular weight is 327 g/mol. The molecule has 3 N–H and O–H groups in total. The topological polar surface area (TPSA) is 74.2 Å². The fourth-order valence-corrected chi connectivity index (χ4v) is 2.33. The summed E-state index contributed by atoms with van der Waals surface area (Å²) < 4.78 is 0. The van der Waals surface area contributed by atoms with Crippen molar-refractivity contribution in [1.82, 2.24) is 4.98 Å². The molecular weight excluding hydrogens is 302 g/mol. The van der Waals surface area contributed by atoms with Gasteiger partial charge in [-0.3, -0.25) is 4.79 Å². The number of pyridine rings is 1. The first-order valence-electron chi connectivity index (χ1n) is 8.42. The molecule has 5 nitrogen and oxygen atoms in total. The SMILES string of the molecule is O=C(CCc1ccccc1)Nc1ccc(NCCCCCO)nc1. The van der Waals surface area contributed by atoms with Crippen molar-refractivity contribution < 1.29 is 9.90 Å².